The summed E-state index contributed by atoms with van der Waals surface area (Å²) in [6.45, 7) is 0.435. The van der Waals surface area contributed by atoms with Crippen molar-refractivity contribution >= 4 is 11.6 Å². The van der Waals surface area contributed by atoms with Gasteiger partial charge in [-0.2, -0.15) is 13.2 Å². The first-order valence-electron chi connectivity index (χ1n) is 5.64. The maximum Gasteiger partial charge on any atom is 0.416 e. The molecule has 1 aromatic carbocycles. The summed E-state index contributed by atoms with van der Waals surface area (Å²) in [6, 6.07) is 2.78. The molecule has 7 heteroatoms. The number of aliphatic hydroxyl groups excluding tert-OH is 2. The molecule has 1 rings (SSSR count). The summed E-state index contributed by atoms with van der Waals surface area (Å²) in [7, 11) is 1.67. The fourth-order valence-electron chi connectivity index (χ4n) is 1.62. The lowest BCUT2D eigenvalue weighted by Crippen LogP contribution is -2.23. The van der Waals surface area contributed by atoms with Crippen LogP contribution in [0.2, 0.25) is 5.02 Å². The molecule has 0 aromatic heterocycles. The second-order valence-corrected chi connectivity index (χ2v) is 4.61. The van der Waals surface area contributed by atoms with Crippen LogP contribution in [0.1, 0.15) is 23.7 Å². The minimum atomic E-state index is -4.55. The van der Waals surface area contributed by atoms with Crippen molar-refractivity contribution in [2.75, 3.05) is 13.6 Å². The highest BCUT2D eigenvalue weighted by Gasteiger charge is 2.32. The number of alkyl halides is 3. The molecule has 0 saturated carbocycles. The van der Waals surface area contributed by atoms with Gasteiger partial charge in [0.1, 0.15) is 6.10 Å². The van der Waals surface area contributed by atoms with E-state index < -0.39 is 23.9 Å². The smallest absolute Gasteiger partial charge is 0.390 e. The summed E-state index contributed by atoms with van der Waals surface area (Å²) < 4.78 is 37.8. The molecule has 1 aromatic rings. The molecular formula is C12H15ClF3NO2. The maximum absolute atomic E-state index is 12.6. The lowest BCUT2D eigenvalue weighted by molar-refractivity contribution is -0.137. The third-order valence-electron chi connectivity index (χ3n) is 2.64. The third-order valence-corrected chi connectivity index (χ3v) is 2.86. The van der Waals surface area contributed by atoms with Crippen LogP contribution in [0.25, 0.3) is 0 Å². The van der Waals surface area contributed by atoms with E-state index in [-0.39, 0.29) is 17.0 Å². The van der Waals surface area contributed by atoms with Gasteiger partial charge in [0.15, 0.2) is 0 Å². The lowest BCUT2D eigenvalue weighted by Gasteiger charge is -2.19. The van der Waals surface area contributed by atoms with Crippen LogP contribution in [-0.4, -0.2) is 29.9 Å². The van der Waals surface area contributed by atoms with Gasteiger partial charge in [0.2, 0.25) is 0 Å². The molecule has 0 fully saturated rings. The van der Waals surface area contributed by atoms with E-state index in [1.165, 1.54) is 6.07 Å². The molecule has 0 aliphatic rings. The van der Waals surface area contributed by atoms with Gasteiger partial charge in [-0.1, -0.05) is 11.6 Å². The molecule has 2 atom stereocenters. The average molecular weight is 298 g/mol. The molecule has 108 valence electrons. The predicted molar refractivity (Wildman–Crippen MR) is 66.0 cm³/mol. The van der Waals surface area contributed by atoms with Crippen molar-refractivity contribution in [3.8, 4) is 0 Å². The Morgan fingerprint density at radius 1 is 1.26 bits per heavy atom. The van der Waals surface area contributed by atoms with Crippen molar-refractivity contribution in [2.24, 2.45) is 0 Å². The van der Waals surface area contributed by atoms with Crippen molar-refractivity contribution in [3.05, 3.63) is 34.3 Å². The Bertz CT molecular complexity index is 426. The van der Waals surface area contributed by atoms with Crippen LogP contribution >= 0.6 is 11.6 Å². The molecule has 3 N–H and O–H groups in total. The fourth-order valence-corrected chi connectivity index (χ4v) is 1.86. The zero-order valence-electron chi connectivity index (χ0n) is 10.2. The Hall–Kier alpha value is -0.820. The number of aliphatic hydroxyl groups is 2. The standard InChI is InChI=1S/C12H15ClF3NO2/c1-17-3-2-10(18)11(19)7-4-8(12(14,15)16)6-9(13)5-7/h4-6,10-11,17-19H,2-3H2,1H3. The van der Waals surface area contributed by atoms with E-state index in [1.807, 2.05) is 0 Å². The van der Waals surface area contributed by atoms with Gasteiger partial charge in [0.25, 0.3) is 0 Å². The monoisotopic (exact) mass is 297 g/mol. The molecule has 0 heterocycles. The summed E-state index contributed by atoms with van der Waals surface area (Å²) in [4.78, 5) is 0. The summed E-state index contributed by atoms with van der Waals surface area (Å²) in [5.74, 6) is 0. The van der Waals surface area contributed by atoms with Crippen molar-refractivity contribution in [1.29, 1.82) is 0 Å². The van der Waals surface area contributed by atoms with Crippen molar-refractivity contribution in [2.45, 2.75) is 24.8 Å². The zero-order chi connectivity index (χ0) is 14.6. The molecule has 0 aliphatic carbocycles. The van der Waals surface area contributed by atoms with Crippen LogP contribution in [0.15, 0.2) is 18.2 Å². The van der Waals surface area contributed by atoms with E-state index >= 15 is 0 Å². The SMILES string of the molecule is CNCCC(O)C(O)c1cc(Cl)cc(C(F)(F)F)c1. The Balaban J connectivity index is 2.97. The second kappa shape index (κ2) is 6.56. The van der Waals surface area contributed by atoms with E-state index in [4.69, 9.17) is 11.6 Å². The van der Waals surface area contributed by atoms with Gasteiger partial charge in [-0.25, -0.2) is 0 Å². The quantitative estimate of drug-likeness (QED) is 0.782. The van der Waals surface area contributed by atoms with Crippen LogP contribution in [0.4, 0.5) is 13.2 Å². The van der Waals surface area contributed by atoms with E-state index in [2.05, 4.69) is 5.32 Å². The van der Waals surface area contributed by atoms with Crippen molar-refractivity contribution < 1.29 is 23.4 Å². The summed E-state index contributed by atoms with van der Waals surface area (Å²) >= 11 is 5.60. The lowest BCUT2D eigenvalue weighted by atomic mass is 10.00. The zero-order valence-corrected chi connectivity index (χ0v) is 11.0. The minimum absolute atomic E-state index is 0.0524. The summed E-state index contributed by atoms with van der Waals surface area (Å²) in [5, 5.41) is 22.1. The van der Waals surface area contributed by atoms with E-state index in [0.29, 0.717) is 6.54 Å². The topological polar surface area (TPSA) is 52.5 Å². The number of benzene rings is 1. The van der Waals surface area contributed by atoms with Gasteiger partial charge in [0, 0.05) is 5.02 Å². The van der Waals surface area contributed by atoms with Crippen LogP contribution in [0.3, 0.4) is 0 Å². The van der Waals surface area contributed by atoms with Crippen LogP contribution in [0, 0.1) is 0 Å². The molecule has 0 spiro atoms. The Kier molecular flexibility index (Phi) is 5.61. The first-order chi connectivity index (χ1) is 8.75. The Morgan fingerprint density at radius 3 is 2.42 bits per heavy atom. The number of hydrogen-bond acceptors (Lipinski definition) is 3. The maximum atomic E-state index is 12.6. The average Bonchev–Trinajstić information content (AvgIpc) is 2.33. The number of nitrogens with one attached hydrogen (secondary N) is 1. The first-order valence-corrected chi connectivity index (χ1v) is 6.02. The predicted octanol–water partition coefficient (Wildman–Crippen LogP) is 2.36. The molecule has 0 bridgehead atoms. The summed E-state index contributed by atoms with van der Waals surface area (Å²) in [5.41, 5.74) is -1.00. The fraction of sp³-hybridized carbons (Fsp3) is 0.500. The molecular weight excluding hydrogens is 283 g/mol. The Morgan fingerprint density at radius 2 is 1.89 bits per heavy atom. The number of rotatable bonds is 5. The second-order valence-electron chi connectivity index (χ2n) is 4.18. The molecule has 0 amide bonds. The van der Waals surface area contributed by atoms with E-state index in [1.54, 1.807) is 7.05 Å². The van der Waals surface area contributed by atoms with Crippen LogP contribution in [-0.2, 0) is 6.18 Å². The highest BCUT2D eigenvalue weighted by Crippen LogP contribution is 2.34. The normalized spacial score (nSPS) is 15.3. The van der Waals surface area contributed by atoms with Crippen molar-refractivity contribution in [3.63, 3.8) is 0 Å². The van der Waals surface area contributed by atoms with Crippen LogP contribution < -0.4 is 5.32 Å². The van der Waals surface area contributed by atoms with Gasteiger partial charge >= 0.3 is 6.18 Å². The molecule has 3 nitrogen and oxygen atoms in total. The number of halogens is 4. The largest absolute Gasteiger partial charge is 0.416 e. The molecule has 0 radical (unpaired) electrons. The molecule has 19 heavy (non-hydrogen) atoms. The van der Waals surface area contributed by atoms with Gasteiger partial charge in [-0.05, 0) is 43.8 Å². The van der Waals surface area contributed by atoms with Gasteiger partial charge < -0.3 is 15.5 Å². The van der Waals surface area contributed by atoms with Crippen LogP contribution in [0.5, 0.6) is 0 Å². The van der Waals surface area contributed by atoms with Gasteiger partial charge in [-0.3, -0.25) is 0 Å². The molecule has 0 aliphatic heterocycles. The molecule has 2 unspecified atom stereocenters. The van der Waals surface area contributed by atoms with E-state index in [0.717, 1.165) is 12.1 Å². The summed E-state index contributed by atoms with van der Waals surface area (Å²) in [6.07, 6.45) is -6.90. The highest BCUT2D eigenvalue weighted by molar-refractivity contribution is 6.30. The highest BCUT2D eigenvalue weighted by atomic mass is 35.5. The van der Waals surface area contributed by atoms with Crippen molar-refractivity contribution in [1.82, 2.24) is 5.32 Å². The Labute approximate surface area is 114 Å². The first kappa shape index (κ1) is 16.2. The number of hydrogen-bond donors (Lipinski definition) is 3. The van der Waals surface area contributed by atoms with Gasteiger partial charge in [0.05, 0.1) is 11.7 Å². The van der Waals surface area contributed by atoms with E-state index in [9.17, 15) is 23.4 Å². The third kappa shape index (κ3) is 4.65. The molecule has 0 saturated heterocycles. The van der Waals surface area contributed by atoms with Gasteiger partial charge in [-0.15, -0.1) is 0 Å². The minimum Gasteiger partial charge on any atom is -0.390 e.